The Morgan fingerprint density at radius 3 is 2.68 bits per heavy atom. The van der Waals surface area contributed by atoms with E-state index in [0.29, 0.717) is 6.42 Å². The zero-order chi connectivity index (χ0) is 13.7. The number of methoxy groups -OCH3 is 1. The maximum atomic E-state index is 12.3. The van der Waals surface area contributed by atoms with Crippen LogP contribution in [-0.4, -0.2) is 31.0 Å². The van der Waals surface area contributed by atoms with Crippen LogP contribution in [0, 0.1) is 5.92 Å². The molecule has 0 aromatic heterocycles. The highest BCUT2D eigenvalue weighted by Gasteiger charge is 2.18. The van der Waals surface area contributed by atoms with Gasteiger partial charge in [-0.15, -0.1) is 0 Å². The molecule has 1 amide bonds. The van der Waals surface area contributed by atoms with Crippen molar-refractivity contribution in [3.63, 3.8) is 0 Å². The summed E-state index contributed by atoms with van der Waals surface area (Å²) in [6.07, 6.45) is 4.01. The monoisotopic (exact) mass is 261 g/mol. The predicted octanol–water partition coefficient (Wildman–Crippen LogP) is 2.89. The molecule has 1 aliphatic heterocycles. The topological polar surface area (TPSA) is 29.5 Å². The van der Waals surface area contributed by atoms with Crippen molar-refractivity contribution in [2.24, 2.45) is 5.92 Å². The van der Waals surface area contributed by atoms with Crippen molar-refractivity contribution >= 4 is 5.91 Å². The van der Waals surface area contributed by atoms with Gasteiger partial charge >= 0.3 is 0 Å². The van der Waals surface area contributed by atoms with Crippen LogP contribution in [0.4, 0.5) is 0 Å². The number of rotatable bonds is 3. The number of ether oxygens (including phenoxy) is 1. The molecule has 0 radical (unpaired) electrons. The van der Waals surface area contributed by atoms with Gasteiger partial charge in [0.1, 0.15) is 5.75 Å². The van der Waals surface area contributed by atoms with Crippen LogP contribution in [-0.2, 0) is 11.2 Å². The van der Waals surface area contributed by atoms with Crippen molar-refractivity contribution in [1.82, 2.24) is 4.90 Å². The first-order valence-electron chi connectivity index (χ1n) is 7.09. The summed E-state index contributed by atoms with van der Waals surface area (Å²) in [5.41, 5.74) is 1.06. The van der Waals surface area contributed by atoms with Gasteiger partial charge in [-0.3, -0.25) is 4.79 Å². The van der Waals surface area contributed by atoms with Gasteiger partial charge in [-0.1, -0.05) is 19.1 Å². The number of carbonyl (C=O) groups is 1. The Morgan fingerprint density at radius 2 is 2.00 bits per heavy atom. The number of benzene rings is 1. The lowest BCUT2D eigenvalue weighted by Crippen LogP contribution is -2.33. The van der Waals surface area contributed by atoms with E-state index in [-0.39, 0.29) is 5.91 Å². The lowest BCUT2D eigenvalue weighted by atomic mass is 10.0. The van der Waals surface area contributed by atoms with Crippen LogP contribution in [0.5, 0.6) is 5.75 Å². The van der Waals surface area contributed by atoms with Crippen LogP contribution in [0.2, 0.25) is 0 Å². The summed E-state index contributed by atoms with van der Waals surface area (Å²) in [4.78, 5) is 14.3. The highest BCUT2D eigenvalue weighted by molar-refractivity contribution is 5.78. The Labute approximate surface area is 115 Å². The van der Waals surface area contributed by atoms with Crippen LogP contribution in [0.1, 0.15) is 31.7 Å². The van der Waals surface area contributed by atoms with Gasteiger partial charge in [-0.2, -0.15) is 0 Å². The largest absolute Gasteiger partial charge is 0.497 e. The molecule has 3 nitrogen and oxygen atoms in total. The normalized spacial score (nSPS) is 19.9. The van der Waals surface area contributed by atoms with E-state index in [0.717, 1.165) is 43.2 Å². The van der Waals surface area contributed by atoms with Gasteiger partial charge < -0.3 is 9.64 Å². The second-order valence-corrected chi connectivity index (χ2v) is 5.44. The molecule has 1 fully saturated rings. The zero-order valence-corrected chi connectivity index (χ0v) is 11.9. The van der Waals surface area contributed by atoms with Gasteiger partial charge in [-0.05, 0) is 42.9 Å². The molecular formula is C16H23NO2. The highest BCUT2D eigenvalue weighted by Crippen LogP contribution is 2.18. The summed E-state index contributed by atoms with van der Waals surface area (Å²) >= 11 is 0. The highest BCUT2D eigenvalue weighted by atomic mass is 16.5. The molecule has 1 aliphatic rings. The third-order valence-electron chi connectivity index (χ3n) is 3.88. The molecule has 0 N–H and O–H groups in total. The molecule has 1 atom stereocenters. The lowest BCUT2D eigenvalue weighted by molar-refractivity contribution is -0.130. The fourth-order valence-corrected chi connectivity index (χ4v) is 2.54. The molecule has 0 spiro atoms. The number of carbonyl (C=O) groups excluding carboxylic acids is 1. The van der Waals surface area contributed by atoms with Gasteiger partial charge in [0, 0.05) is 13.1 Å². The minimum Gasteiger partial charge on any atom is -0.497 e. The molecule has 2 rings (SSSR count). The third kappa shape index (κ3) is 3.98. The Hall–Kier alpha value is -1.51. The summed E-state index contributed by atoms with van der Waals surface area (Å²) in [6.45, 7) is 4.10. The second-order valence-electron chi connectivity index (χ2n) is 5.44. The van der Waals surface area contributed by atoms with E-state index in [1.165, 1.54) is 6.42 Å². The molecule has 104 valence electrons. The van der Waals surface area contributed by atoms with Gasteiger partial charge in [0.05, 0.1) is 13.5 Å². The van der Waals surface area contributed by atoms with E-state index in [2.05, 4.69) is 6.92 Å². The lowest BCUT2D eigenvalue weighted by Gasteiger charge is -2.20. The van der Waals surface area contributed by atoms with Crippen LogP contribution >= 0.6 is 0 Å². The quantitative estimate of drug-likeness (QED) is 0.837. The minimum absolute atomic E-state index is 0.249. The summed E-state index contributed by atoms with van der Waals surface area (Å²) in [6, 6.07) is 7.76. The van der Waals surface area contributed by atoms with Gasteiger partial charge in [-0.25, -0.2) is 0 Å². The Morgan fingerprint density at radius 1 is 1.26 bits per heavy atom. The van der Waals surface area contributed by atoms with E-state index in [1.807, 2.05) is 29.2 Å². The summed E-state index contributed by atoms with van der Waals surface area (Å²) in [5.74, 6) is 1.83. The standard InChI is InChI=1S/C16H23NO2/c1-13-4-3-10-17(11-9-13)16(18)12-14-5-7-15(19-2)8-6-14/h5-8,13H,3-4,9-12H2,1-2H3. The van der Waals surface area contributed by atoms with Crippen molar-refractivity contribution in [3.8, 4) is 5.75 Å². The molecular weight excluding hydrogens is 238 g/mol. The number of likely N-dealkylation sites (tertiary alicyclic amines) is 1. The fourth-order valence-electron chi connectivity index (χ4n) is 2.54. The number of hydrogen-bond donors (Lipinski definition) is 0. The number of hydrogen-bond acceptors (Lipinski definition) is 2. The Bertz CT molecular complexity index is 413. The van der Waals surface area contributed by atoms with Gasteiger partial charge in [0.15, 0.2) is 0 Å². The smallest absolute Gasteiger partial charge is 0.226 e. The first kappa shape index (κ1) is 13.9. The zero-order valence-electron chi connectivity index (χ0n) is 11.9. The summed E-state index contributed by atoms with van der Waals surface area (Å²) in [7, 11) is 1.65. The van der Waals surface area contributed by atoms with E-state index in [1.54, 1.807) is 7.11 Å². The first-order chi connectivity index (χ1) is 9.19. The van der Waals surface area contributed by atoms with E-state index in [4.69, 9.17) is 4.74 Å². The molecule has 19 heavy (non-hydrogen) atoms. The van der Waals surface area contributed by atoms with Crippen molar-refractivity contribution in [2.75, 3.05) is 20.2 Å². The molecule has 0 bridgehead atoms. The third-order valence-corrected chi connectivity index (χ3v) is 3.88. The molecule has 0 aliphatic carbocycles. The predicted molar refractivity (Wildman–Crippen MR) is 76.3 cm³/mol. The summed E-state index contributed by atoms with van der Waals surface area (Å²) < 4.78 is 5.12. The molecule has 3 heteroatoms. The summed E-state index contributed by atoms with van der Waals surface area (Å²) in [5, 5.41) is 0. The average molecular weight is 261 g/mol. The van der Waals surface area contributed by atoms with E-state index in [9.17, 15) is 4.79 Å². The molecule has 1 aromatic carbocycles. The maximum absolute atomic E-state index is 12.3. The van der Waals surface area contributed by atoms with Crippen LogP contribution < -0.4 is 4.74 Å². The van der Waals surface area contributed by atoms with Crippen molar-refractivity contribution < 1.29 is 9.53 Å². The van der Waals surface area contributed by atoms with E-state index >= 15 is 0 Å². The molecule has 1 aromatic rings. The Balaban J connectivity index is 1.92. The van der Waals surface area contributed by atoms with Crippen molar-refractivity contribution in [2.45, 2.75) is 32.6 Å². The minimum atomic E-state index is 0.249. The van der Waals surface area contributed by atoms with Gasteiger partial charge in [0.2, 0.25) is 5.91 Å². The SMILES string of the molecule is COc1ccc(CC(=O)N2CCCC(C)CC2)cc1. The average Bonchev–Trinajstić information content (AvgIpc) is 2.64. The Kier molecular flexibility index (Phi) is 4.83. The van der Waals surface area contributed by atoms with Crippen LogP contribution in [0.15, 0.2) is 24.3 Å². The van der Waals surface area contributed by atoms with E-state index < -0.39 is 0 Å². The number of nitrogens with zero attached hydrogens (tertiary/aromatic N) is 1. The maximum Gasteiger partial charge on any atom is 0.226 e. The number of amides is 1. The second kappa shape index (κ2) is 6.60. The van der Waals surface area contributed by atoms with Gasteiger partial charge in [0.25, 0.3) is 0 Å². The first-order valence-corrected chi connectivity index (χ1v) is 7.09. The van der Waals surface area contributed by atoms with Crippen LogP contribution in [0.3, 0.4) is 0 Å². The van der Waals surface area contributed by atoms with Crippen molar-refractivity contribution in [3.05, 3.63) is 29.8 Å². The van der Waals surface area contributed by atoms with Crippen LogP contribution in [0.25, 0.3) is 0 Å². The molecule has 1 saturated heterocycles. The molecule has 1 unspecified atom stereocenters. The fraction of sp³-hybridized carbons (Fsp3) is 0.562. The van der Waals surface area contributed by atoms with Crippen molar-refractivity contribution in [1.29, 1.82) is 0 Å². The molecule has 0 saturated carbocycles. The molecule has 1 heterocycles.